The highest BCUT2D eigenvalue weighted by molar-refractivity contribution is 7.80. The predicted molar refractivity (Wildman–Crippen MR) is 127 cm³/mol. The second kappa shape index (κ2) is 9.61. The van der Waals surface area contributed by atoms with E-state index in [2.05, 4.69) is 26.5 Å². The number of nitrogens with one attached hydrogen (secondary N) is 2. The van der Waals surface area contributed by atoms with Crippen molar-refractivity contribution in [1.29, 1.82) is 0 Å². The van der Waals surface area contributed by atoms with Crippen LogP contribution in [0.25, 0.3) is 0 Å². The molecule has 0 atom stereocenters. The van der Waals surface area contributed by atoms with E-state index in [1.165, 1.54) is 0 Å². The topological polar surface area (TPSA) is 50.8 Å². The van der Waals surface area contributed by atoms with Gasteiger partial charge in [-0.15, -0.1) is 0 Å². The Bertz CT molecular complexity index is 970. The summed E-state index contributed by atoms with van der Waals surface area (Å²) in [4.78, 5) is 4.60. The van der Waals surface area contributed by atoms with Crippen molar-refractivity contribution in [3.05, 3.63) is 84.4 Å². The number of phenols is 1. The first-order valence-corrected chi connectivity index (χ1v) is 10.5. The molecule has 4 rings (SSSR count). The molecule has 0 amide bonds. The van der Waals surface area contributed by atoms with Crippen LogP contribution in [-0.4, -0.2) is 46.2 Å². The van der Waals surface area contributed by atoms with E-state index in [0.717, 1.165) is 60.5 Å². The van der Waals surface area contributed by atoms with Crippen molar-refractivity contribution < 1.29 is 5.11 Å². The van der Waals surface area contributed by atoms with Crippen molar-refractivity contribution in [3.63, 3.8) is 0 Å². The van der Waals surface area contributed by atoms with Gasteiger partial charge in [-0.05, 0) is 66.3 Å². The molecule has 3 N–H and O–H groups in total. The van der Waals surface area contributed by atoms with Crippen molar-refractivity contribution in [2.45, 2.75) is 6.54 Å². The van der Waals surface area contributed by atoms with Crippen molar-refractivity contribution >= 4 is 34.4 Å². The molecule has 1 fully saturated rings. The highest BCUT2D eigenvalue weighted by atomic mass is 32.1. The highest BCUT2D eigenvalue weighted by Crippen LogP contribution is 2.19. The molecule has 1 aliphatic heterocycles. The number of para-hydroxylation sites is 1. The van der Waals surface area contributed by atoms with Gasteiger partial charge in [-0.25, -0.2) is 0 Å². The zero-order valence-electron chi connectivity index (χ0n) is 16.8. The summed E-state index contributed by atoms with van der Waals surface area (Å²) in [7, 11) is 0. The molecular formula is C24H26N4OS. The largest absolute Gasteiger partial charge is 0.508 e. The minimum Gasteiger partial charge on any atom is -0.508 e. The molecule has 1 aliphatic rings. The summed E-state index contributed by atoms with van der Waals surface area (Å²) in [5, 5.41) is 17.1. The summed E-state index contributed by atoms with van der Waals surface area (Å²) >= 11 is 5.63. The molecule has 5 nitrogen and oxygen atoms in total. The van der Waals surface area contributed by atoms with Crippen LogP contribution in [0.15, 0.2) is 78.9 Å². The van der Waals surface area contributed by atoms with Crippen LogP contribution >= 0.6 is 12.2 Å². The van der Waals surface area contributed by atoms with E-state index in [-0.39, 0.29) is 0 Å². The van der Waals surface area contributed by atoms with Crippen molar-refractivity contribution in [2.75, 3.05) is 36.8 Å². The maximum Gasteiger partial charge on any atom is 0.173 e. The van der Waals surface area contributed by atoms with Crippen molar-refractivity contribution in [2.24, 2.45) is 0 Å². The van der Waals surface area contributed by atoms with Gasteiger partial charge >= 0.3 is 0 Å². The predicted octanol–water partition coefficient (Wildman–Crippen LogP) is 4.65. The average molecular weight is 419 g/mol. The molecule has 1 heterocycles. The number of nitrogens with zero attached hydrogens (tertiary/aromatic N) is 2. The minimum absolute atomic E-state index is 0.321. The third kappa shape index (κ3) is 5.49. The number of rotatable bonds is 5. The van der Waals surface area contributed by atoms with E-state index in [1.54, 1.807) is 6.07 Å². The molecule has 3 aromatic carbocycles. The molecule has 0 saturated carbocycles. The monoisotopic (exact) mass is 418 g/mol. The van der Waals surface area contributed by atoms with Crippen LogP contribution in [0, 0.1) is 0 Å². The molecule has 154 valence electrons. The van der Waals surface area contributed by atoms with Crippen LogP contribution in [0.2, 0.25) is 0 Å². The maximum absolute atomic E-state index is 9.63. The summed E-state index contributed by atoms with van der Waals surface area (Å²) in [6.07, 6.45) is 0. The smallest absolute Gasteiger partial charge is 0.173 e. The van der Waals surface area contributed by atoms with Crippen LogP contribution < -0.4 is 10.6 Å². The third-order valence-corrected chi connectivity index (χ3v) is 5.54. The normalized spacial score (nSPS) is 14.3. The molecule has 0 spiro atoms. The van der Waals surface area contributed by atoms with Gasteiger partial charge in [0, 0.05) is 49.8 Å². The Balaban J connectivity index is 1.25. The number of hydrogen-bond donors (Lipinski definition) is 3. The lowest BCUT2D eigenvalue weighted by Crippen LogP contribution is -2.49. The molecule has 1 saturated heterocycles. The van der Waals surface area contributed by atoms with E-state index in [4.69, 9.17) is 12.2 Å². The number of benzene rings is 3. The Morgan fingerprint density at radius 2 is 1.47 bits per heavy atom. The van der Waals surface area contributed by atoms with Gasteiger partial charge < -0.3 is 20.6 Å². The Morgan fingerprint density at radius 3 is 2.17 bits per heavy atom. The van der Waals surface area contributed by atoms with Crippen LogP contribution in [0.4, 0.5) is 17.1 Å². The molecule has 30 heavy (non-hydrogen) atoms. The van der Waals surface area contributed by atoms with Crippen LogP contribution in [0.1, 0.15) is 5.56 Å². The average Bonchev–Trinajstić information content (AvgIpc) is 2.76. The van der Waals surface area contributed by atoms with Crippen LogP contribution in [-0.2, 0) is 6.54 Å². The van der Waals surface area contributed by atoms with E-state index in [0.29, 0.717) is 5.75 Å². The molecule has 0 aromatic heterocycles. The standard InChI is InChI=1S/C24H26N4OS/c29-23-8-4-5-19(17-23)18-27-13-15-28(16-14-27)24(30)26-22-11-9-21(10-12-22)25-20-6-2-1-3-7-20/h1-12,17,25,29H,13-16,18H2,(H,26,30). The van der Waals surface area contributed by atoms with Gasteiger partial charge in [0.25, 0.3) is 0 Å². The zero-order valence-corrected chi connectivity index (χ0v) is 17.6. The number of piperazine rings is 1. The van der Waals surface area contributed by atoms with Gasteiger partial charge in [0.2, 0.25) is 0 Å². The molecule has 3 aromatic rings. The van der Waals surface area contributed by atoms with Crippen molar-refractivity contribution in [3.8, 4) is 5.75 Å². The number of aromatic hydroxyl groups is 1. The fraction of sp³-hybridized carbons (Fsp3) is 0.208. The summed E-state index contributed by atoms with van der Waals surface area (Å²) in [6.45, 7) is 4.50. The van der Waals surface area contributed by atoms with Gasteiger partial charge in [0.1, 0.15) is 5.75 Å². The Labute approximate surface area is 183 Å². The van der Waals surface area contributed by atoms with E-state index >= 15 is 0 Å². The van der Waals surface area contributed by atoms with E-state index in [9.17, 15) is 5.11 Å². The van der Waals surface area contributed by atoms with E-state index in [1.807, 2.05) is 66.7 Å². The lowest BCUT2D eigenvalue weighted by atomic mass is 10.2. The van der Waals surface area contributed by atoms with Crippen LogP contribution in [0.3, 0.4) is 0 Å². The molecule has 0 bridgehead atoms. The molecule has 0 unspecified atom stereocenters. The lowest BCUT2D eigenvalue weighted by Gasteiger charge is -2.36. The summed E-state index contributed by atoms with van der Waals surface area (Å²) in [6, 6.07) is 25.8. The Kier molecular flexibility index (Phi) is 6.47. The number of phenolic OH excluding ortho intramolecular Hbond substituents is 1. The Morgan fingerprint density at radius 1 is 0.800 bits per heavy atom. The summed E-state index contributed by atoms with van der Waals surface area (Å²) in [5.74, 6) is 0.321. The van der Waals surface area contributed by atoms with Gasteiger partial charge in [0.15, 0.2) is 5.11 Å². The fourth-order valence-electron chi connectivity index (χ4n) is 3.55. The third-order valence-electron chi connectivity index (χ3n) is 5.17. The molecule has 0 radical (unpaired) electrons. The number of thiocarbonyl (C=S) groups is 1. The first-order valence-electron chi connectivity index (χ1n) is 10.1. The van der Waals surface area contributed by atoms with Gasteiger partial charge in [0.05, 0.1) is 0 Å². The number of hydrogen-bond acceptors (Lipinski definition) is 4. The summed E-state index contributed by atoms with van der Waals surface area (Å²) in [5.41, 5.74) is 4.23. The number of anilines is 3. The van der Waals surface area contributed by atoms with E-state index < -0.39 is 0 Å². The SMILES string of the molecule is Oc1cccc(CN2CCN(C(=S)Nc3ccc(Nc4ccccc4)cc3)CC2)c1. The molecule has 6 heteroatoms. The quantitative estimate of drug-likeness (QED) is 0.525. The maximum atomic E-state index is 9.63. The molecular weight excluding hydrogens is 392 g/mol. The zero-order chi connectivity index (χ0) is 20.8. The first-order chi connectivity index (χ1) is 14.7. The highest BCUT2D eigenvalue weighted by Gasteiger charge is 2.19. The van der Waals surface area contributed by atoms with Gasteiger partial charge in [-0.3, -0.25) is 4.90 Å². The lowest BCUT2D eigenvalue weighted by molar-refractivity contribution is 0.177. The van der Waals surface area contributed by atoms with Crippen molar-refractivity contribution in [1.82, 2.24) is 9.80 Å². The first kappa shape index (κ1) is 20.2. The summed E-state index contributed by atoms with van der Waals surface area (Å²) < 4.78 is 0. The van der Waals surface area contributed by atoms with Crippen LogP contribution in [0.5, 0.6) is 5.75 Å². The Hall–Kier alpha value is -3.09. The second-order valence-electron chi connectivity index (χ2n) is 7.43. The van der Waals surface area contributed by atoms with Gasteiger partial charge in [-0.2, -0.15) is 0 Å². The molecule has 0 aliphatic carbocycles. The van der Waals surface area contributed by atoms with Gasteiger partial charge in [-0.1, -0.05) is 30.3 Å². The minimum atomic E-state index is 0.321. The second-order valence-corrected chi connectivity index (χ2v) is 7.82. The fourth-order valence-corrected chi connectivity index (χ4v) is 3.85.